The number of hydrogen-bond donors (Lipinski definition) is 2. The van der Waals surface area contributed by atoms with E-state index in [-0.39, 0.29) is 5.91 Å². The maximum atomic E-state index is 11.6. The number of amides is 1. The van der Waals surface area contributed by atoms with Gasteiger partial charge in [0, 0.05) is 25.7 Å². The van der Waals surface area contributed by atoms with Crippen molar-refractivity contribution < 1.29 is 4.79 Å². The quantitative estimate of drug-likeness (QED) is 0.657. The van der Waals surface area contributed by atoms with E-state index in [1.54, 1.807) is 0 Å². The van der Waals surface area contributed by atoms with Gasteiger partial charge in [0.2, 0.25) is 5.91 Å². The van der Waals surface area contributed by atoms with Crippen LogP contribution < -0.4 is 10.6 Å². The molecule has 2 rings (SSSR count). The molecule has 0 aliphatic carbocycles. The van der Waals surface area contributed by atoms with Crippen molar-refractivity contribution in [2.24, 2.45) is 5.92 Å². The molecule has 4 nitrogen and oxygen atoms in total. The highest BCUT2D eigenvalue weighted by atomic mass is 16.2. The molecule has 2 atom stereocenters. The number of likely N-dealkylation sites (tertiary alicyclic amines) is 1. The third-order valence-corrected chi connectivity index (χ3v) is 3.66. The Kier molecular flexibility index (Phi) is 4.18. The Balaban J connectivity index is 1.65. The Morgan fingerprint density at radius 3 is 3.12 bits per heavy atom. The van der Waals surface area contributed by atoms with Gasteiger partial charge in [-0.1, -0.05) is 13.3 Å². The number of fused-ring (bicyclic) bond motifs is 1. The maximum Gasteiger partial charge on any atom is 0.234 e. The molecule has 2 N–H and O–H groups in total. The summed E-state index contributed by atoms with van der Waals surface area (Å²) in [5.41, 5.74) is 0. The van der Waals surface area contributed by atoms with Crippen molar-refractivity contribution in [3.8, 4) is 0 Å². The molecular weight excluding hydrogens is 202 g/mol. The van der Waals surface area contributed by atoms with Crippen LogP contribution in [0.5, 0.6) is 0 Å². The molecule has 0 aromatic rings. The SMILES string of the molecule is CCCCNC(=O)CN1C[C@@H]2CCN[C@@H]2C1. The smallest absolute Gasteiger partial charge is 0.234 e. The summed E-state index contributed by atoms with van der Waals surface area (Å²) >= 11 is 0. The minimum Gasteiger partial charge on any atom is -0.355 e. The Morgan fingerprint density at radius 2 is 2.38 bits per heavy atom. The van der Waals surface area contributed by atoms with E-state index in [0.29, 0.717) is 12.6 Å². The van der Waals surface area contributed by atoms with Crippen molar-refractivity contribution >= 4 is 5.91 Å². The van der Waals surface area contributed by atoms with Gasteiger partial charge in [-0.2, -0.15) is 0 Å². The normalized spacial score (nSPS) is 29.3. The molecule has 4 heteroatoms. The molecule has 2 aliphatic heterocycles. The Labute approximate surface area is 97.8 Å². The summed E-state index contributed by atoms with van der Waals surface area (Å²) in [6, 6.07) is 0.642. The molecule has 2 aliphatic rings. The topological polar surface area (TPSA) is 44.4 Å². The van der Waals surface area contributed by atoms with Crippen LogP contribution in [0.1, 0.15) is 26.2 Å². The van der Waals surface area contributed by atoms with Gasteiger partial charge < -0.3 is 10.6 Å². The molecule has 0 spiro atoms. The van der Waals surface area contributed by atoms with E-state index in [2.05, 4.69) is 22.5 Å². The third kappa shape index (κ3) is 2.95. The van der Waals surface area contributed by atoms with Gasteiger partial charge in [-0.3, -0.25) is 9.69 Å². The highest BCUT2D eigenvalue weighted by Crippen LogP contribution is 2.23. The van der Waals surface area contributed by atoms with E-state index < -0.39 is 0 Å². The maximum absolute atomic E-state index is 11.6. The number of carbonyl (C=O) groups excluding carboxylic acids is 1. The highest BCUT2D eigenvalue weighted by molar-refractivity contribution is 5.78. The number of nitrogens with one attached hydrogen (secondary N) is 2. The first kappa shape index (κ1) is 11.9. The number of rotatable bonds is 5. The summed E-state index contributed by atoms with van der Waals surface area (Å²) in [4.78, 5) is 13.9. The average Bonchev–Trinajstić information content (AvgIpc) is 2.78. The fourth-order valence-electron chi connectivity index (χ4n) is 2.73. The van der Waals surface area contributed by atoms with Gasteiger partial charge in [-0.15, -0.1) is 0 Å². The van der Waals surface area contributed by atoms with Crippen LogP contribution in [0.2, 0.25) is 0 Å². The van der Waals surface area contributed by atoms with Crippen LogP contribution in [-0.4, -0.2) is 49.6 Å². The zero-order chi connectivity index (χ0) is 11.4. The Hall–Kier alpha value is -0.610. The minimum absolute atomic E-state index is 0.188. The molecule has 2 fully saturated rings. The summed E-state index contributed by atoms with van der Waals surface area (Å²) in [7, 11) is 0. The van der Waals surface area contributed by atoms with E-state index in [1.807, 2.05) is 0 Å². The molecule has 0 aromatic carbocycles. The summed E-state index contributed by atoms with van der Waals surface area (Å²) in [5.74, 6) is 0.969. The van der Waals surface area contributed by atoms with Gasteiger partial charge in [-0.25, -0.2) is 0 Å². The summed E-state index contributed by atoms with van der Waals surface area (Å²) in [5, 5.41) is 6.48. The second-order valence-electron chi connectivity index (χ2n) is 5.01. The van der Waals surface area contributed by atoms with Gasteiger partial charge >= 0.3 is 0 Å². The van der Waals surface area contributed by atoms with Gasteiger partial charge in [0.15, 0.2) is 0 Å². The minimum atomic E-state index is 0.188. The van der Waals surface area contributed by atoms with E-state index in [4.69, 9.17) is 0 Å². The van der Waals surface area contributed by atoms with Crippen molar-refractivity contribution in [2.75, 3.05) is 32.7 Å². The van der Waals surface area contributed by atoms with Gasteiger partial charge in [0.05, 0.1) is 6.54 Å². The molecule has 16 heavy (non-hydrogen) atoms. The molecular formula is C12H23N3O. The molecule has 2 heterocycles. The van der Waals surface area contributed by atoms with E-state index >= 15 is 0 Å². The number of carbonyl (C=O) groups is 1. The number of nitrogens with zero attached hydrogens (tertiary/aromatic N) is 1. The van der Waals surface area contributed by atoms with Crippen molar-refractivity contribution in [1.29, 1.82) is 0 Å². The van der Waals surface area contributed by atoms with Crippen molar-refractivity contribution in [3.63, 3.8) is 0 Å². The molecule has 0 saturated carbocycles. The van der Waals surface area contributed by atoms with Crippen molar-refractivity contribution in [1.82, 2.24) is 15.5 Å². The predicted octanol–water partition coefficient (Wildman–Crippen LogP) is 0.196. The summed E-state index contributed by atoms with van der Waals surface area (Å²) in [6.07, 6.45) is 3.50. The lowest BCUT2D eigenvalue weighted by Gasteiger charge is -2.16. The molecule has 1 amide bonds. The first-order valence-corrected chi connectivity index (χ1v) is 6.52. The van der Waals surface area contributed by atoms with Crippen LogP contribution in [0.25, 0.3) is 0 Å². The van der Waals surface area contributed by atoms with Gasteiger partial charge in [0.25, 0.3) is 0 Å². The molecule has 0 unspecified atom stereocenters. The molecule has 0 bridgehead atoms. The van der Waals surface area contributed by atoms with Crippen LogP contribution in [0.4, 0.5) is 0 Å². The summed E-state index contributed by atoms with van der Waals surface area (Å²) in [6.45, 7) is 6.85. The average molecular weight is 225 g/mol. The van der Waals surface area contributed by atoms with E-state index in [1.165, 1.54) is 6.42 Å². The lowest BCUT2D eigenvalue weighted by atomic mass is 10.1. The van der Waals surface area contributed by atoms with Gasteiger partial charge in [0.1, 0.15) is 0 Å². The monoisotopic (exact) mass is 225 g/mol. The lowest BCUT2D eigenvalue weighted by Crippen LogP contribution is -2.38. The molecule has 0 aromatic heterocycles. The lowest BCUT2D eigenvalue weighted by molar-refractivity contribution is -0.122. The fraction of sp³-hybridized carbons (Fsp3) is 0.917. The highest BCUT2D eigenvalue weighted by Gasteiger charge is 2.36. The second kappa shape index (κ2) is 5.64. The van der Waals surface area contributed by atoms with Crippen LogP contribution in [-0.2, 0) is 4.79 Å². The summed E-state index contributed by atoms with van der Waals surface area (Å²) < 4.78 is 0. The molecule has 92 valence electrons. The molecule has 2 saturated heterocycles. The first-order valence-electron chi connectivity index (χ1n) is 6.52. The van der Waals surface area contributed by atoms with Crippen LogP contribution in [0.15, 0.2) is 0 Å². The van der Waals surface area contributed by atoms with Crippen LogP contribution in [0.3, 0.4) is 0 Å². The van der Waals surface area contributed by atoms with Crippen molar-refractivity contribution in [3.05, 3.63) is 0 Å². The zero-order valence-electron chi connectivity index (χ0n) is 10.2. The standard InChI is InChI=1S/C12H23N3O/c1-2-3-5-14-12(16)9-15-7-10-4-6-13-11(10)8-15/h10-11,13H,2-9H2,1H3,(H,14,16)/t10-,11+/m0/s1. The third-order valence-electron chi connectivity index (χ3n) is 3.66. The van der Waals surface area contributed by atoms with Gasteiger partial charge in [-0.05, 0) is 25.3 Å². The van der Waals surface area contributed by atoms with E-state index in [0.717, 1.165) is 44.9 Å². The Bertz CT molecular complexity index is 232. The first-order chi connectivity index (χ1) is 7.79. The zero-order valence-corrected chi connectivity index (χ0v) is 10.2. The van der Waals surface area contributed by atoms with Crippen LogP contribution in [0, 0.1) is 5.92 Å². The largest absolute Gasteiger partial charge is 0.355 e. The van der Waals surface area contributed by atoms with Crippen LogP contribution >= 0.6 is 0 Å². The van der Waals surface area contributed by atoms with Crippen molar-refractivity contribution in [2.45, 2.75) is 32.2 Å². The van der Waals surface area contributed by atoms with E-state index in [9.17, 15) is 4.79 Å². The molecule has 0 radical (unpaired) electrons. The number of hydrogen-bond acceptors (Lipinski definition) is 3. The second-order valence-corrected chi connectivity index (χ2v) is 5.01. The predicted molar refractivity (Wildman–Crippen MR) is 64.3 cm³/mol. The Morgan fingerprint density at radius 1 is 1.50 bits per heavy atom. The number of unbranched alkanes of at least 4 members (excludes halogenated alkanes) is 1. The fourth-order valence-corrected chi connectivity index (χ4v) is 2.73.